The highest BCUT2D eigenvalue weighted by Gasteiger charge is 2.23. The minimum atomic E-state index is -4.06. The first kappa shape index (κ1) is 19.0. The van der Waals surface area contributed by atoms with E-state index in [4.69, 9.17) is 10.5 Å². The molecule has 0 aliphatic carbocycles. The zero-order valence-corrected chi connectivity index (χ0v) is 13.3. The van der Waals surface area contributed by atoms with E-state index in [2.05, 4.69) is 10.6 Å². The van der Waals surface area contributed by atoms with Gasteiger partial charge in [0.2, 0.25) is 9.84 Å². The SMILES string of the molecule is CCCCN/C=C(\C#N)S(=O)(=O)/C(C#N)=C/NCCCC. The van der Waals surface area contributed by atoms with E-state index in [1.54, 1.807) is 12.1 Å². The van der Waals surface area contributed by atoms with Gasteiger partial charge in [-0.05, 0) is 12.8 Å². The molecule has 0 aliphatic rings. The molecule has 2 N–H and O–H groups in total. The molecule has 0 aliphatic heterocycles. The maximum atomic E-state index is 12.2. The molecule has 0 unspecified atom stereocenters. The molecule has 21 heavy (non-hydrogen) atoms. The molecule has 0 radical (unpaired) electrons. The van der Waals surface area contributed by atoms with Crippen LogP contribution in [-0.4, -0.2) is 21.5 Å². The Hall–Kier alpha value is -1.99. The van der Waals surface area contributed by atoms with Gasteiger partial charge in [0.25, 0.3) is 0 Å². The van der Waals surface area contributed by atoms with Gasteiger partial charge in [-0.15, -0.1) is 0 Å². The third-order valence-electron chi connectivity index (χ3n) is 2.62. The summed E-state index contributed by atoms with van der Waals surface area (Å²) in [5.41, 5.74) is 0. The lowest BCUT2D eigenvalue weighted by molar-refractivity contribution is 0.608. The highest BCUT2D eigenvalue weighted by atomic mass is 32.2. The summed E-state index contributed by atoms with van der Waals surface area (Å²) in [5, 5.41) is 23.5. The van der Waals surface area contributed by atoms with Crippen LogP contribution in [0.2, 0.25) is 0 Å². The Morgan fingerprint density at radius 3 is 1.62 bits per heavy atom. The third-order valence-corrected chi connectivity index (χ3v) is 4.19. The number of unbranched alkanes of at least 4 members (excludes halogenated alkanes) is 2. The maximum Gasteiger partial charge on any atom is 0.229 e. The lowest BCUT2D eigenvalue weighted by Crippen LogP contribution is -2.15. The number of nitriles is 2. The summed E-state index contributed by atoms with van der Waals surface area (Å²) >= 11 is 0. The number of hydrogen-bond donors (Lipinski definition) is 2. The van der Waals surface area contributed by atoms with Gasteiger partial charge in [0.05, 0.1) is 0 Å². The zero-order valence-electron chi connectivity index (χ0n) is 12.5. The monoisotopic (exact) mass is 310 g/mol. The summed E-state index contributed by atoms with van der Waals surface area (Å²) in [6, 6.07) is 3.25. The van der Waals surface area contributed by atoms with Crippen molar-refractivity contribution >= 4 is 9.84 Å². The van der Waals surface area contributed by atoms with Crippen LogP contribution in [-0.2, 0) is 9.84 Å². The molecule has 0 amide bonds. The van der Waals surface area contributed by atoms with E-state index >= 15 is 0 Å². The fourth-order valence-electron chi connectivity index (χ4n) is 1.35. The summed E-state index contributed by atoms with van der Waals surface area (Å²) < 4.78 is 24.3. The minimum Gasteiger partial charge on any atom is -0.389 e. The standard InChI is InChI=1S/C14H22N4O2S/c1-3-5-7-17-11-13(9-15)21(19,20)14(10-16)12-18-8-6-4-2/h11-12,17-18H,3-8H2,1-2H3/b13-11+,14-12+. The molecule has 0 atom stereocenters. The molecule has 0 aromatic rings. The van der Waals surface area contributed by atoms with Crippen molar-refractivity contribution in [3.8, 4) is 12.1 Å². The average Bonchev–Trinajstić information content (AvgIpc) is 2.47. The molecule has 0 spiro atoms. The van der Waals surface area contributed by atoms with Gasteiger partial charge < -0.3 is 10.6 Å². The van der Waals surface area contributed by atoms with Crippen LogP contribution in [0.5, 0.6) is 0 Å². The first-order chi connectivity index (χ1) is 10.0. The van der Waals surface area contributed by atoms with Crippen LogP contribution < -0.4 is 10.6 Å². The molecule has 0 heterocycles. The molecule has 0 aromatic carbocycles. The van der Waals surface area contributed by atoms with Crippen molar-refractivity contribution in [1.82, 2.24) is 10.6 Å². The van der Waals surface area contributed by atoms with Crippen LogP contribution in [0.3, 0.4) is 0 Å². The van der Waals surface area contributed by atoms with Gasteiger partial charge >= 0.3 is 0 Å². The second-order valence-corrected chi connectivity index (χ2v) is 6.25. The molecular weight excluding hydrogens is 288 g/mol. The van der Waals surface area contributed by atoms with E-state index in [1.165, 1.54) is 0 Å². The van der Waals surface area contributed by atoms with E-state index in [0.717, 1.165) is 38.1 Å². The van der Waals surface area contributed by atoms with Crippen LogP contribution in [0.15, 0.2) is 22.2 Å². The largest absolute Gasteiger partial charge is 0.389 e. The summed E-state index contributed by atoms with van der Waals surface area (Å²) in [4.78, 5) is -0.910. The smallest absolute Gasteiger partial charge is 0.229 e. The van der Waals surface area contributed by atoms with Crippen molar-refractivity contribution in [3.63, 3.8) is 0 Å². The third kappa shape index (κ3) is 6.82. The van der Waals surface area contributed by atoms with E-state index in [-0.39, 0.29) is 0 Å². The Balaban J connectivity index is 5.03. The number of nitrogens with zero attached hydrogens (tertiary/aromatic N) is 2. The van der Waals surface area contributed by atoms with E-state index in [0.29, 0.717) is 13.1 Å². The lowest BCUT2D eigenvalue weighted by Gasteiger charge is -2.04. The molecule has 0 rings (SSSR count). The van der Waals surface area contributed by atoms with E-state index < -0.39 is 19.6 Å². The quantitative estimate of drug-likeness (QED) is 0.471. The van der Waals surface area contributed by atoms with Crippen molar-refractivity contribution < 1.29 is 8.42 Å². The maximum absolute atomic E-state index is 12.2. The van der Waals surface area contributed by atoms with Gasteiger partial charge in [0.1, 0.15) is 12.1 Å². The summed E-state index contributed by atoms with van der Waals surface area (Å²) in [6.45, 7) is 5.17. The number of allylic oxidation sites excluding steroid dienone is 2. The summed E-state index contributed by atoms with van der Waals surface area (Å²) in [6.07, 6.45) is 5.97. The summed E-state index contributed by atoms with van der Waals surface area (Å²) in [5.74, 6) is 0. The fourth-order valence-corrected chi connectivity index (χ4v) is 2.30. The predicted octanol–water partition coefficient (Wildman–Crippen LogP) is 1.91. The Kier molecular flexibility index (Phi) is 9.74. The van der Waals surface area contributed by atoms with Crippen LogP contribution in [0, 0.1) is 22.7 Å². The summed E-state index contributed by atoms with van der Waals surface area (Å²) in [7, 11) is -4.06. The van der Waals surface area contributed by atoms with Crippen LogP contribution in [0.1, 0.15) is 39.5 Å². The molecule has 0 saturated heterocycles. The van der Waals surface area contributed by atoms with Gasteiger partial charge in [-0.3, -0.25) is 0 Å². The molecule has 116 valence electrons. The van der Waals surface area contributed by atoms with Gasteiger partial charge in [0, 0.05) is 25.5 Å². The predicted molar refractivity (Wildman–Crippen MR) is 82.1 cm³/mol. The van der Waals surface area contributed by atoms with Crippen molar-refractivity contribution in [3.05, 3.63) is 22.2 Å². The van der Waals surface area contributed by atoms with Gasteiger partial charge in [-0.2, -0.15) is 10.5 Å². The van der Waals surface area contributed by atoms with Crippen molar-refractivity contribution in [2.24, 2.45) is 0 Å². The Labute approximate surface area is 127 Å². The van der Waals surface area contributed by atoms with Crippen molar-refractivity contribution in [1.29, 1.82) is 10.5 Å². The number of sulfone groups is 1. The Bertz CT molecular complexity index is 507. The molecule has 0 saturated carbocycles. The van der Waals surface area contributed by atoms with E-state index in [9.17, 15) is 8.42 Å². The molecular formula is C14H22N4O2S. The topological polar surface area (TPSA) is 106 Å². The normalized spacial score (nSPS) is 12.4. The van der Waals surface area contributed by atoms with Crippen LogP contribution in [0.4, 0.5) is 0 Å². The Morgan fingerprint density at radius 1 is 0.952 bits per heavy atom. The first-order valence-electron chi connectivity index (χ1n) is 6.96. The molecule has 0 bridgehead atoms. The Morgan fingerprint density at radius 2 is 1.33 bits per heavy atom. The van der Waals surface area contributed by atoms with Crippen molar-refractivity contribution in [2.45, 2.75) is 39.5 Å². The highest BCUT2D eigenvalue weighted by molar-refractivity contribution is 7.99. The molecule has 6 nitrogen and oxygen atoms in total. The van der Waals surface area contributed by atoms with Gasteiger partial charge in [-0.25, -0.2) is 8.42 Å². The number of hydrogen-bond acceptors (Lipinski definition) is 6. The first-order valence-corrected chi connectivity index (χ1v) is 8.45. The van der Waals surface area contributed by atoms with Crippen LogP contribution in [0.25, 0.3) is 0 Å². The molecule has 0 fully saturated rings. The van der Waals surface area contributed by atoms with Gasteiger partial charge in [-0.1, -0.05) is 26.7 Å². The van der Waals surface area contributed by atoms with Crippen molar-refractivity contribution in [2.75, 3.05) is 13.1 Å². The second kappa shape index (κ2) is 10.8. The molecule has 7 heteroatoms. The minimum absolute atomic E-state index is 0.455. The average molecular weight is 310 g/mol. The van der Waals surface area contributed by atoms with Crippen LogP contribution >= 0.6 is 0 Å². The second-order valence-electron chi connectivity index (χ2n) is 4.36. The van der Waals surface area contributed by atoms with Gasteiger partial charge in [0.15, 0.2) is 9.81 Å². The van der Waals surface area contributed by atoms with E-state index in [1.807, 2.05) is 13.8 Å². The zero-order chi connectivity index (χ0) is 16.1. The number of nitrogens with one attached hydrogen (secondary N) is 2. The number of rotatable bonds is 10. The molecule has 0 aromatic heterocycles. The fraction of sp³-hybridized carbons (Fsp3) is 0.571. The highest BCUT2D eigenvalue weighted by Crippen LogP contribution is 2.15. The lowest BCUT2D eigenvalue weighted by atomic mass is 10.3.